The Morgan fingerprint density at radius 2 is 1.90 bits per heavy atom. The zero-order valence-electron chi connectivity index (χ0n) is 17.3. The van der Waals surface area contributed by atoms with Gasteiger partial charge in [-0.25, -0.2) is 0 Å². The van der Waals surface area contributed by atoms with E-state index in [9.17, 15) is 9.59 Å². The number of amides is 2. The van der Waals surface area contributed by atoms with Crippen LogP contribution < -0.4 is 19.9 Å². The van der Waals surface area contributed by atoms with Gasteiger partial charge in [0, 0.05) is 6.54 Å². The molecule has 0 saturated heterocycles. The average molecular weight is 405 g/mol. The monoisotopic (exact) mass is 405 g/mol. The van der Waals surface area contributed by atoms with Gasteiger partial charge in [0.05, 0.1) is 30.7 Å². The van der Waals surface area contributed by atoms with Crippen LogP contribution in [0.3, 0.4) is 0 Å². The summed E-state index contributed by atoms with van der Waals surface area (Å²) in [6, 6.07) is 13.7. The number of methoxy groups -OCH3 is 1. The SMILES string of the molecule is COc1cccc2c1N(CC(=O)N1c3ccccc3NC(=O)C13CCCC3)CCC2. The number of rotatable bonds is 3. The van der Waals surface area contributed by atoms with E-state index in [1.165, 1.54) is 5.56 Å². The smallest absolute Gasteiger partial charge is 0.250 e. The first kappa shape index (κ1) is 19.0. The minimum absolute atomic E-state index is 0.0297. The number of nitrogens with one attached hydrogen (secondary N) is 1. The van der Waals surface area contributed by atoms with Crippen LogP contribution in [0.2, 0.25) is 0 Å². The van der Waals surface area contributed by atoms with Crippen molar-refractivity contribution in [3.05, 3.63) is 48.0 Å². The zero-order valence-corrected chi connectivity index (χ0v) is 17.3. The van der Waals surface area contributed by atoms with Crippen LogP contribution in [0.15, 0.2) is 42.5 Å². The molecule has 1 aliphatic carbocycles. The molecule has 6 nitrogen and oxygen atoms in total. The molecular weight excluding hydrogens is 378 g/mol. The van der Waals surface area contributed by atoms with Crippen LogP contribution >= 0.6 is 0 Å². The summed E-state index contributed by atoms with van der Waals surface area (Å²) in [6.45, 7) is 1.03. The summed E-state index contributed by atoms with van der Waals surface area (Å²) in [4.78, 5) is 30.9. The second-order valence-corrected chi connectivity index (χ2v) is 8.43. The molecule has 0 aromatic heterocycles. The van der Waals surface area contributed by atoms with E-state index in [0.29, 0.717) is 18.5 Å². The van der Waals surface area contributed by atoms with E-state index in [2.05, 4.69) is 16.3 Å². The number of hydrogen-bond donors (Lipinski definition) is 1. The molecule has 2 aromatic carbocycles. The van der Waals surface area contributed by atoms with Crippen LogP contribution in [-0.4, -0.2) is 37.6 Å². The number of benzene rings is 2. The third-order valence-electron chi connectivity index (χ3n) is 6.74. The highest BCUT2D eigenvalue weighted by atomic mass is 16.5. The Balaban J connectivity index is 1.53. The van der Waals surface area contributed by atoms with Crippen molar-refractivity contribution >= 4 is 28.9 Å². The molecular formula is C24H27N3O3. The van der Waals surface area contributed by atoms with Gasteiger partial charge in [-0.3, -0.25) is 14.5 Å². The Morgan fingerprint density at radius 1 is 1.10 bits per heavy atom. The number of ether oxygens (including phenoxy) is 1. The summed E-state index contributed by atoms with van der Waals surface area (Å²) >= 11 is 0. The van der Waals surface area contributed by atoms with Gasteiger partial charge in [-0.2, -0.15) is 0 Å². The Hall–Kier alpha value is -3.02. The van der Waals surface area contributed by atoms with Crippen molar-refractivity contribution in [2.45, 2.75) is 44.1 Å². The van der Waals surface area contributed by atoms with E-state index in [4.69, 9.17) is 4.74 Å². The molecule has 0 radical (unpaired) electrons. The van der Waals surface area contributed by atoms with Crippen LogP contribution in [0, 0.1) is 0 Å². The van der Waals surface area contributed by atoms with Gasteiger partial charge >= 0.3 is 0 Å². The van der Waals surface area contributed by atoms with E-state index in [-0.39, 0.29) is 18.4 Å². The Labute approximate surface area is 176 Å². The highest BCUT2D eigenvalue weighted by Crippen LogP contribution is 2.45. The summed E-state index contributed by atoms with van der Waals surface area (Å²) in [7, 11) is 1.67. The lowest BCUT2D eigenvalue weighted by atomic mass is 9.89. The molecule has 2 aromatic rings. The molecule has 2 aliphatic heterocycles. The first-order chi connectivity index (χ1) is 14.6. The van der Waals surface area contributed by atoms with Crippen LogP contribution in [0.4, 0.5) is 17.1 Å². The third-order valence-corrected chi connectivity index (χ3v) is 6.74. The zero-order chi connectivity index (χ0) is 20.7. The quantitative estimate of drug-likeness (QED) is 0.845. The molecule has 2 amide bonds. The maximum Gasteiger partial charge on any atom is 0.250 e. The predicted octanol–water partition coefficient (Wildman–Crippen LogP) is 3.75. The fourth-order valence-corrected chi connectivity index (χ4v) is 5.39. The summed E-state index contributed by atoms with van der Waals surface area (Å²) < 4.78 is 5.61. The molecule has 5 rings (SSSR count). The van der Waals surface area contributed by atoms with Crippen LogP contribution in [0.5, 0.6) is 5.75 Å². The lowest BCUT2D eigenvalue weighted by molar-refractivity contribution is -0.126. The van der Waals surface area contributed by atoms with Crippen LogP contribution in [0.1, 0.15) is 37.7 Å². The minimum atomic E-state index is -0.773. The standard InChI is InChI=1S/C24H27N3O3/c1-30-20-12-6-8-17-9-7-15-26(22(17)20)16-21(28)27-19-11-3-2-10-18(19)25-23(29)24(27)13-4-5-14-24/h2-3,6,8,10-12H,4-5,7,9,13-16H2,1H3,(H,25,29). The number of para-hydroxylation sites is 3. The van der Waals surface area contributed by atoms with E-state index in [0.717, 1.165) is 49.4 Å². The molecule has 0 unspecified atom stereocenters. The van der Waals surface area contributed by atoms with Crippen molar-refractivity contribution in [3.63, 3.8) is 0 Å². The van der Waals surface area contributed by atoms with Gasteiger partial charge in [-0.1, -0.05) is 37.1 Å². The molecule has 2 heterocycles. The number of aryl methyl sites for hydroxylation is 1. The maximum absolute atomic E-state index is 13.8. The van der Waals surface area contributed by atoms with E-state index < -0.39 is 5.54 Å². The fourth-order valence-electron chi connectivity index (χ4n) is 5.39. The Kier molecular flexibility index (Phi) is 4.65. The molecule has 1 spiro atoms. The molecule has 1 N–H and O–H groups in total. The van der Waals surface area contributed by atoms with E-state index >= 15 is 0 Å². The minimum Gasteiger partial charge on any atom is -0.495 e. The molecule has 1 saturated carbocycles. The highest BCUT2D eigenvalue weighted by molar-refractivity contribution is 6.15. The second-order valence-electron chi connectivity index (χ2n) is 8.43. The molecule has 3 aliphatic rings. The Morgan fingerprint density at radius 3 is 2.70 bits per heavy atom. The second kappa shape index (κ2) is 7.35. The number of hydrogen-bond acceptors (Lipinski definition) is 4. The number of anilines is 3. The van der Waals surface area contributed by atoms with Crippen molar-refractivity contribution < 1.29 is 14.3 Å². The third kappa shape index (κ3) is 2.85. The molecule has 0 bridgehead atoms. The van der Waals surface area contributed by atoms with Gasteiger partial charge < -0.3 is 15.0 Å². The molecule has 0 atom stereocenters. The number of fused-ring (bicyclic) bond motifs is 2. The van der Waals surface area contributed by atoms with Gasteiger partial charge in [0.25, 0.3) is 5.91 Å². The van der Waals surface area contributed by atoms with Crippen LogP contribution in [0.25, 0.3) is 0 Å². The lowest BCUT2D eigenvalue weighted by Gasteiger charge is -2.45. The van der Waals surface area contributed by atoms with Crippen molar-refractivity contribution in [2.75, 3.05) is 35.3 Å². The number of carbonyl (C=O) groups excluding carboxylic acids is 2. The summed E-state index contributed by atoms with van der Waals surface area (Å²) in [5.74, 6) is 0.717. The lowest BCUT2D eigenvalue weighted by Crippen LogP contribution is -2.62. The highest BCUT2D eigenvalue weighted by Gasteiger charge is 2.52. The van der Waals surface area contributed by atoms with Crippen molar-refractivity contribution in [2.24, 2.45) is 0 Å². The molecule has 6 heteroatoms. The number of nitrogens with zero attached hydrogens (tertiary/aromatic N) is 2. The normalized spacial score (nSPS) is 19.3. The fraction of sp³-hybridized carbons (Fsp3) is 0.417. The summed E-state index contributed by atoms with van der Waals surface area (Å²) in [5.41, 5.74) is 2.96. The summed E-state index contributed by atoms with van der Waals surface area (Å²) in [6.07, 6.45) is 5.31. The molecule has 1 fully saturated rings. The van der Waals surface area contributed by atoms with Crippen molar-refractivity contribution in [1.82, 2.24) is 0 Å². The van der Waals surface area contributed by atoms with Crippen molar-refractivity contribution in [3.8, 4) is 5.75 Å². The van der Waals surface area contributed by atoms with Gasteiger partial charge in [0.2, 0.25) is 5.91 Å². The Bertz CT molecular complexity index is 983. The van der Waals surface area contributed by atoms with Gasteiger partial charge in [0.1, 0.15) is 11.3 Å². The van der Waals surface area contributed by atoms with Crippen LogP contribution in [-0.2, 0) is 16.0 Å². The van der Waals surface area contributed by atoms with E-state index in [1.54, 1.807) is 12.0 Å². The van der Waals surface area contributed by atoms with Crippen molar-refractivity contribution in [1.29, 1.82) is 0 Å². The molecule has 156 valence electrons. The van der Waals surface area contributed by atoms with Gasteiger partial charge in [-0.05, 0) is 49.4 Å². The first-order valence-corrected chi connectivity index (χ1v) is 10.8. The number of carbonyl (C=O) groups is 2. The van der Waals surface area contributed by atoms with Gasteiger partial charge in [0.15, 0.2) is 0 Å². The molecule has 30 heavy (non-hydrogen) atoms. The first-order valence-electron chi connectivity index (χ1n) is 10.8. The summed E-state index contributed by atoms with van der Waals surface area (Å²) in [5, 5.41) is 3.05. The maximum atomic E-state index is 13.8. The van der Waals surface area contributed by atoms with Gasteiger partial charge in [-0.15, -0.1) is 0 Å². The predicted molar refractivity (Wildman–Crippen MR) is 117 cm³/mol. The topological polar surface area (TPSA) is 61.9 Å². The average Bonchev–Trinajstić information content (AvgIpc) is 3.24. The van der Waals surface area contributed by atoms with E-state index in [1.807, 2.05) is 36.4 Å². The largest absolute Gasteiger partial charge is 0.495 e.